The van der Waals surface area contributed by atoms with Gasteiger partial charge >= 0.3 is 6.18 Å². The molecule has 3 fully saturated rings. The minimum absolute atomic E-state index is 0.0557. The average Bonchev–Trinajstić information content (AvgIpc) is 1.55. The SMILES string of the molecule is CO[C@@H]1COCC[C@@H]1N[C@@H]1CC[C@](CCCNC(=O)CCOCCOCCOCCOCCOCCOCCOCCOCCOCCOCCOCCOCCNC(=O)[C@H]2CC(=O)N(C)[C@@H]2c2cccnc2)(C(=O)N2CCc3ncc(C(F)(F)F)cc3C2)C1. The van der Waals surface area contributed by atoms with E-state index in [9.17, 15) is 32.3 Å². The smallest absolute Gasteiger partial charge is 0.379 e. The standard InChI is InChI=1S/C62H98F3N7O18/c1-71-57(74)42-52(58(71)48-5-3-12-66-44-48)59(75)68-14-18-79-20-22-81-24-26-83-28-30-85-32-34-87-36-38-89-40-39-88-37-35-86-33-31-84-29-27-82-25-23-80-21-19-78-17-9-56(73)67-13-4-10-61(11-6-51(43-61)70-54-8-16-90-47-55(54)77-2)60(76)72-15-7-53-49(46-72)41-50(45-69-53)62(63,64)65/h3,5,12,41,44-45,51-52,54-55,58,70H,4,6-11,13-40,42-43,46-47H2,1-2H3,(H,67,73)(H,68,75)/t51-,52+,54+,55-,58-,61+/m1/s1. The predicted octanol–water partition coefficient (Wildman–Crippen LogP) is 3.13. The summed E-state index contributed by atoms with van der Waals surface area (Å²) >= 11 is 0. The second-order valence-corrected chi connectivity index (χ2v) is 22.3. The summed E-state index contributed by atoms with van der Waals surface area (Å²) in [5.41, 5.74) is 0.302. The molecule has 6 atom stereocenters. The number of nitrogens with one attached hydrogen (secondary N) is 3. The van der Waals surface area contributed by atoms with Crippen molar-refractivity contribution in [1.29, 1.82) is 0 Å². The minimum Gasteiger partial charge on any atom is -0.379 e. The highest BCUT2D eigenvalue weighted by Gasteiger charge is 2.48. The van der Waals surface area contributed by atoms with E-state index in [1.165, 1.54) is 0 Å². The highest BCUT2D eigenvalue weighted by Crippen LogP contribution is 2.45. The molecule has 0 radical (unpaired) electrons. The molecule has 2 aromatic rings. The van der Waals surface area contributed by atoms with Crippen LogP contribution in [0.4, 0.5) is 13.2 Å². The lowest BCUT2D eigenvalue weighted by atomic mass is 9.79. The molecule has 3 N–H and O–H groups in total. The summed E-state index contributed by atoms with van der Waals surface area (Å²) in [6.07, 6.45) is 4.17. The van der Waals surface area contributed by atoms with Crippen molar-refractivity contribution in [3.63, 3.8) is 0 Å². The molecule has 4 aliphatic rings. The fourth-order valence-electron chi connectivity index (χ4n) is 11.2. The number of carbonyl (C=O) groups is 4. The first kappa shape index (κ1) is 74.4. The number of hydrogen-bond donors (Lipinski definition) is 3. The van der Waals surface area contributed by atoms with Crippen molar-refractivity contribution in [2.24, 2.45) is 11.3 Å². The lowest BCUT2D eigenvalue weighted by molar-refractivity contribution is -0.143. The van der Waals surface area contributed by atoms with Crippen molar-refractivity contribution in [3.8, 4) is 0 Å². The number of rotatable bonds is 49. The zero-order chi connectivity index (χ0) is 63.9. The van der Waals surface area contributed by atoms with Crippen LogP contribution in [0.3, 0.4) is 0 Å². The molecule has 2 aromatic heterocycles. The summed E-state index contributed by atoms with van der Waals surface area (Å²) in [7, 11) is 3.38. The van der Waals surface area contributed by atoms with E-state index in [2.05, 4.69) is 25.9 Å². The molecule has 1 aliphatic carbocycles. The van der Waals surface area contributed by atoms with Gasteiger partial charge in [-0.1, -0.05) is 6.07 Å². The van der Waals surface area contributed by atoms with Crippen LogP contribution in [-0.2, 0) is 105 Å². The van der Waals surface area contributed by atoms with Gasteiger partial charge < -0.3 is 92.1 Å². The molecule has 0 bridgehead atoms. The van der Waals surface area contributed by atoms with E-state index in [1.807, 2.05) is 6.07 Å². The van der Waals surface area contributed by atoms with Gasteiger partial charge in [-0.15, -0.1) is 0 Å². The average molecular weight is 1290 g/mol. The number of aromatic nitrogens is 2. The maximum Gasteiger partial charge on any atom is 0.417 e. The first-order valence-electron chi connectivity index (χ1n) is 31.7. The Morgan fingerprint density at radius 2 is 1.26 bits per heavy atom. The van der Waals surface area contributed by atoms with Crippen LogP contribution in [0.15, 0.2) is 36.8 Å². The van der Waals surface area contributed by atoms with E-state index in [4.69, 9.17) is 66.3 Å². The molecule has 3 aliphatic heterocycles. The summed E-state index contributed by atoms with van der Waals surface area (Å²) in [5.74, 6) is -0.946. The second kappa shape index (κ2) is 43.3. The third-order valence-corrected chi connectivity index (χ3v) is 16.0. The third-order valence-electron chi connectivity index (χ3n) is 16.0. The van der Waals surface area contributed by atoms with E-state index < -0.39 is 23.1 Å². The number of amides is 4. The predicted molar refractivity (Wildman–Crippen MR) is 319 cm³/mol. The molecule has 90 heavy (non-hydrogen) atoms. The van der Waals surface area contributed by atoms with Gasteiger partial charge in [0, 0.05) is 103 Å². The van der Waals surface area contributed by atoms with Gasteiger partial charge in [0.05, 0.1) is 194 Å². The molecule has 0 unspecified atom stereocenters. The molecule has 5 heterocycles. The Morgan fingerprint density at radius 3 is 1.78 bits per heavy atom. The van der Waals surface area contributed by atoms with Crippen molar-refractivity contribution in [2.75, 3.05) is 206 Å². The van der Waals surface area contributed by atoms with Crippen molar-refractivity contribution in [1.82, 2.24) is 35.7 Å². The molecular formula is C62H98F3N7O18. The Hall–Kier alpha value is -4.63. The van der Waals surface area contributed by atoms with Crippen molar-refractivity contribution in [3.05, 3.63) is 59.2 Å². The van der Waals surface area contributed by atoms with Gasteiger partial charge in [-0.2, -0.15) is 13.2 Å². The van der Waals surface area contributed by atoms with Crippen molar-refractivity contribution >= 4 is 23.6 Å². The Morgan fingerprint density at radius 1 is 0.711 bits per heavy atom. The first-order chi connectivity index (χ1) is 43.9. The highest BCUT2D eigenvalue weighted by atomic mass is 19.4. The summed E-state index contributed by atoms with van der Waals surface area (Å²) in [6.45, 7) is 12.1. The Balaban J connectivity index is 0.634. The maximum atomic E-state index is 14.5. The molecule has 4 amide bonds. The van der Waals surface area contributed by atoms with Gasteiger partial charge in [0.25, 0.3) is 0 Å². The van der Waals surface area contributed by atoms with Crippen LogP contribution in [0.5, 0.6) is 0 Å². The highest BCUT2D eigenvalue weighted by molar-refractivity contribution is 5.90. The van der Waals surface area contributed by atoms with Gasteiger partial charge in [-0.25, -0.2) is 0 Å². The largest absolute Gasteiger partial charge is 0.417 e. The normalized spacial score (nSPS) is 21.1. The summed E-state index contributed by atoms with van der Waals surface area (Å²) in [6, 6.07) is 4.59. The molecule has 510 valence electrons. The minimum atomic E-state index is -4.53. The number of pyridine rings is 2. The van der Waals surface area contributed by atoms with E-state index in [0.717, 1.165) is 30.7 Å². The van der Waals surface area contributed by atoms with Gasteiger partial charge in [-0.05, 0) is 61.8 Å². The number of carbonyl (C=O) groups excluding carboxylic acids is 4. The number of ether oxygens (including phenoxy) is 14. The number of hydrogen-bond acceptors (Lipinski definition) is 21. The summed E-state index contributed by atoms with van der Waals surface area (Å²) in [4.78, 5) is 63.8. The topological polar surface area (TPSA) is 266 Å². The van der Waals surface area contributed by atoms with Crippen molar-refractivity contribution in [2.45, 2.75) is 94.7 Å². The number of methoxy groups -OCH3 is 1. The van der Waals surface area contributed by atoms with Crippen molar-refractivity contribution < 1.29 is 98.7 Å². The van der Waals surface area contributed by atoms with Gasteiger partial charge in [0.1, 0.15) is 0 Å². The fraction of sp³-hybridized carbons (Fsp3) is 0.774. The zero-order valence-corrected chi connectivity index (χ0v) is 52.7. The van der Waals surface area contributed by atoms with Crippen LogP contribution in [0.1, 0.15) is 79.8 Å². The lowest BCUT2D eigenvalue weighted by Crippen LogP contribution is -2.51. The third kappa shape index (κ3) is 27.5. The number of likely N-dealkylation sites (tertiary alicyclic amines) is 1. The molecule has 28 heteroatoms. The zero-order valence-electron chi connectivity index (χ0n) is 52.7. The van der Waals surface area contributed by atoms with Crippen LogP contribution in [0.2, 0.25) is 0 Å². The summed E-state index contributed by atoms with van der Waals surface area (Å²) < 4.78 is 118. The number of fused-ring (bicyclic) bond motifs is 1. The molecule has 6 rings (SSSR count). The lowest BCUT2D eigenvalue weighted by Gasteiger charge is -2.38. The molecule has 2 saturated heterocycles. The Kier molecular flexibility index (Phi) is 35.8. The molecular weight excluding hydrogens is 1190 g/mol. The van der Waals surface area contributed by atoms with Crippen LogP contribution >= 0.6 is 0 Å². The van der Waals surface area contributed by atoms with Gasteiger partial charge in [0.15, 0.2) is 0 Å². The van der Waals surface area contributed by atoms with Gasteiger partial charge in [-0.3, -0.25) is 29.1 Å². The molecule has 1 saturated carbocycles. The molecule has 0 spiro atoms. The fourth-order valence-corrected chi connectivity index (χ4v) is 11.2. The van der Waals surface area contributed by atoms with E-state index in [-0.39, 0.29) is 73.9 Å². The monoisotopic (exact) mass is 1290 g/mol. The Labute approximate surface area is 527 Å². The molecule has 25 nitrogen and oxygen atoms in total. The number of nitrogens with zero attached hydrogens (tertiary/aromatic N) is 4. The molecule has 0 aromatic carbocycles. The van der Waals surface area contributed by atoms with Crippen LogP contribution in [0.25, 0.3) is 0 Å². The van der Waals surface area contributed by atoms with Gasteiger partial charge in [0.2, 0.25) is 23.6 Å². The Bertz CT molecular complexity index is 2330. The first-order valence-corrected chi connectivity index (χ1v) is 31.7. The number of alkyl halides is 3. The van der Waals surface area contributed by atoms with Crippen LogP contribution in [0, 0.1) is 11.3 Å². The van der Waals surface area contributed by atoms with Crippen LogP contribution in [-0.4, -0.2) is 267 Å². The maximum absolute atomic E-state index is 14.5. The van der Waals surface area contributed by atoms with E-state index in [1.54, 1.807) is 42.4 Å². The number of halogens is 3. The summed E-state index contributed by atoms with van der Waals surface area (Å²) in [5, 5.41) is 9.56. The van der Waals surface area contributed by atoms with E-state index in [0.29, 0.717) is 228 Å². The van der Waals surface area contributed by atoms with E-state index >= 15 is 0 Å². The quantitative estimate of drug-likeness (QED) is 0.0804. The van der Waals surface area contributed by atoms with Crippen LogP contribution < -0.4 is 16.0 Å². The second-order valence-electron chi connectivity index (χ2n) is 22.3.